The highest BCUT2D eigenvalue weighted by Crippen LogP contribution is 2.28. The third kappa shape index (κ3) is 17.2. The first kappa shape index (κ1) is 40.9. The number of benzene rings is 4. The molecule has 0 radical (unpaired) electrons. The molecular weight excluding hydrogens is 765 g/mol. The van der Waals surface area contributed by atoms with E-state index in [1.165, 1.54) is 114 Å². The van der Waals surface area contributed by atoms with Crippen molar-refractivity contribution in [1.29, 1.82) is 0 Å². The summed E-state index contributed by atoms with van der Waals surface area (Å²) in [7, 11) is 0. The quantitative estimate of drug-likeness (QED) is 0.0254. The minimum absolute atomic E-state index is 0.0391. The van der Waals surface area contributed by atoms with E-state index >= 15 is 0 Å². The van der Waals surface area contributed by atoms with Gasteiger partial charge in [-0.05, 0) is 110 Å². The van der Waals surface area contributed by atoms with Gasteiger partial charge >= 0.3 is 11.9 Å². The van der Waals surface area contributed by atoms with Gasteiger partial charge in [-0.1, -0.05) is 129 Å². The molecule has 0 amide bonds. The Kier molecular flexibility index (Phi) is 18.4. The van der Waals surface area contributed by atoms with Crippen LogP contribution in [0.25, 0.3) is 22.9 Å². The zero-order chi connectivity index (χ0) is 46.2. The second kappa shape index (κ2) is 27.4. The summed E-state index contributed by atoms with van der Waals surface area (Å²) in [4.78, 5) is 25.9. The smallest absolute Gasteiger partial charge is 0.343 e. The van der Waals surface area contributed by atoms with Crippen LogP contribution in [0.2, 0.25) is 0 Å². The molecule has 0 N–H and O–H groups in total. The number of hydrogen-bond donors (Lipinski definition) is 0. The zero-order valence-corrected chi connectivity index (χ0v) is 36.2. The van der Waals surface area contributed by atoms with E-state index in [4.69, 9.17) is 28.8 Å². The van der Waals surface area contributed by atoms with Gasteiger partial charge in [-0.2, -0.15) is 0 Å². The second-order valence-electron chi connectivity index (χ2n) is 15.5. The van der Waals surface area contributed by atoms with Crippen LogP contribution in [0.15, 0.2) is 101 Å². The van der Waals surface area contributed by atoms with E-state index in [1.54, 1.807) is 48.5 Å². The summed E-state index contributed by atoms with van der Waals surface area (Å²) < 4.78 is 62.0. The number of nitrogens with zero attached hydrogens (tertiary/aromatic N) is 2. The molecule has 61 heavy (non-hydrogen) atoms. The van der Waals surface area contributed by atoms with Crippen molar-refractivity contribution in [3.05, 3.63) is 108 Å². The maximum atomic E-state index is 13.0. The van der Waals surface area contributed by atoms with Gasteiger partial charge in [0.05, 0.1) is 29.8 Å². The summed E-state index contributed by atoms with van der Waals surface area (Å²) in [6, 6.07) is 18.3. The molecule has 0 spiro atoms. The Morgan fingerprint density at radius 3 is 1.08 bits per heavy atom. The normalized spacial score (nSPS) is 12.0. The van der Waals surface area contributed by atoms with Crippen molar-refractivity contribution < 1.29 is 38.4 Å². The van der Waals surface area contributed by atoms with Crippen LogP contribution < -0.4 is 18.9 Å². The lowest BCUT2D eigenvalue weighted by Gasteiger charge is -2.08. The Bertz CT molecular complexity index is 2010. The molecule has 0 bridgehead atoms. The van der Waals surface area contributed by atoms with Gasteiger partial charge in [0.2, 0.25) is 11.8 Å². The number of carbonyl (C=O) groups is 2. The molecule has 0 aliphatic rings. The van der Waals surface area contributed by atoms with Crippen LogP contribution >= 0.6 is 0 Å². The van der Waals surface area contributed by atoms with Crippen molar-refractivity contribution in [2.45, 2.75) is 142 Å². The van der Waals surface area contributed by atoms with Crippen LogP contribution in [-0.2, 0) is 0 Å². The highest BCUT2D eigenvalue weighted by Gasteiger charge is 2.14. The van der Waals surface area contributed by atoms with Gasteiger partial charge in [0.15, 0.2) is 0 Å². The summed E-state index contributed by atoms with van der Waals surface area (Å²) in [5, 5.41) is 8.31. The Hall–Kier alpha value is -5.44. The molecule has 5 rings (SSSR count). The number of esters is 2. The summed E-state index contributed by atoms with van der Waals surface area (Å²) in [5.41, 5.74) is 1.32. The number of unbranched alkanes of at least 4 members (excludes halogenated alkanes) is 18. The first-order valence-electron chi connectivity index (χ1n) is 24.6. The van der Waals surface area contributed by atoms with Crippen molar-refractivity contribution in [2.24, 2.45) is 0 Å². The van der Waals surface area contributed by atoms with Crippen molar-refractivity contribution >= 4 is 11.9 Å². The topological polar surface area (TPSA) is 110 Å². The van der Waals surface area contributed by atoms with Crippen molar-refractivity contribution in [3.63, 3.8) is 0 Å². The van der Waals surface area contributed by atoms with E-state index in [9.17, 15) is 9.59 Å². The Morgan fingerprint density at radius 1 is 0.443 bits per heavy atom. The lowest BCUT2D eigenvalue weighted by molar-refractivity contribution is 0.0725. The Labute approximate surface area is 369 Å². The van der Waals surface area contributed by atoms with Crippen molar-refractivity contribution in [2.75, 3.05) is 13.2 Å². The van der Waals surface area contributed by atoms with Crippen LogP contribution in [0.4, 0.5) is 0 Å². The number of rotatable bonds is 30. The molecular formula is C52H66N2O7. The van der Waals surface area contributed by atoms with Crippen LogP contribution in [0.3, 0.4) is 0 Å². The monoisotopic (exact) mass is 835 g/mol. The standard InChI is InChI=1S/C52H66N2O7/c1-3-5-7-9-11-13-15-17-19-21-39-57-45-31-27-43(28-32-45)51(55)59-47-35-23-41(24-36-47)49-53-54-50(61-49)42-25-37-48(38-26-42)60-52(56)44-29-33-46(34-30-44)58-40-22-20-18-16-14-12-10-8-6-4-2/h23-38H,3-22,39-40H2,1-2H3/i31D,32D,33D,34D. The summed E-state index contributed by atoms with van der Waals surface area (Å²) in [6.07, 6.45) is 24.1. The van der Waals surface area contributed by atoms with E-state index in [0.717, 1.165) is 38.5 Å². The van der Waals surface area contributed by atoms with Gasteiger partial charge in [0.25, 0.3) is 0 Å². The summed E-state index contributed by atoms with van der Waals surface area (Å²) in [5.74, 6) is -0.115. The number of aromatic nitrogens is 2. The molecule has 5 aromatic rings. The average Bonchev–Trinajstić information content (AvgIpc) is 3.80. The Morgan fingerprint density at radius 2 is 0.754 bits per heavy atom. The predicted octanol–water partition coefficient (Wildman–Crippen LogP) is 14.4. The van der Waals surface area contributed by atoms with Gasteiger partial charge < -0.3 is 23.4 Å². The predicted molar refractivity (Wildman–Crippen MR) is 243 cm³/mol. The van der Waals surface area contributed by atoms with E-state index in [1.807, 2.05) is 0 Å². The molecule has 1 aromatic heterocycles. The molecule has 0 saturated carbocycles. The molecule has 0 fully saturated rings. The van der Waals surface area contributed by atoms with Crippen molar-refractivity contribution in [3.8, 4) is 45.9 Å². The fraction of sp³-hybridized carbons (Fsp3) is 0.462. The van der Waals surface area contributed by atoms with Gasteiger partial charge in [-0.3, -0.25) is 0 Å². The van der Waals surface area contributed by atoms with Gasteiger partial charge in [0, 0.05) is 11.1 Å². The van der Waals surface area contributed by atoms with Gasteiger partial charge in [0.1, 0.15) is 23.0 Å². The van der Waals surface area contributed by atoms with Gasteiger partial charge in [-0.15, -0.1) is 10.2 Å². The molecule has 0 saturated heterocycles. The fourth-order valence-corrected chi connectivity index (χ4v) is 6.79. The van der Waals surface area contributed by atoms with E-state index < -0.39 is 11.9 Å². The maximum Gasteiger partial charge on any atom is 0.343 e. The number of ether oxygens (including phenoxy) is 4. The second-order valence-corrected chi connectivity index (χ2v) is 15.5. The molecule has 0 aliphatic heterocycles. The largest absolute Gasteiger partial charge is 0.494 e. The summed E-state index contributed by atoms with van der Waals surface area (Å²) in [6.45, 7) is 5.30. The van der Waals surface area contributed by atoms with Crippen LogP contribution in [0.1, 0.15) is 168 Å². The van der Waals surface area contributed by atoms with E-state index in [0.29, 0.717) is 24.3 Å². The average molecular weight is 835 g/mol. The first-order valence-corrected chi connectivity index (χ1v) is 22.6. The SMILES string of the molecule is [2H]c1cc(C(=O)Oc2ccc(-c3nnc(-c4ccc(OC(=O)c5cc([2H])c(OCCCCCCCCCCCC)c([2H])c5)cc4)o3)cc2)cc([2H])c1OCCCCCCCCCCCC. The molecule has 9 heteroatoms. The number of hydrogen-bond acceptors (Lipinski definition) is 9. The molecule has 0 aliphatic carbocycles. The lowest BCUT2D eigenvalue weighted by Crippen LogP contribution is -2.08. The molecule has 1 heterocycles. The molecule has 326 valence electrons. The van der Waals surface area contributed by atoms with Crippen molar-refractivity contribution in [1.82, 2.24) is 10.2 Å². The third-order valence-electron chi connectivity index (χ3n) is 10.4. The highest BCUT2D eigenvalue weighted by molar-refractivity contribution is 5.91. The van der Waals surface area contributed by atoms with Crippen LogP contribution in [-0.4, -0.2) is 35.3 Å². The minimum atomic E-state index is -0.699. The zero-order valence-electron chi connectivity index (χ0n) is 40.2. The van der Waals surface area contributed by atoms with E-state index in [-0.39, 0.29) is 70.1 Å². The highest BCUT2D eigenvalue weighted by atomic mass is 16.5. The van der Waals surface area contributed by atoms with Crippen LogP contribution in [0.5, 0.6) is 23.0 Å². The third-order valence-corrected chi connectivity index (χ3v) is 10.4. The summed E-state index contributed by atoms with van der Waals surface area (Å²) >= 11 is 0. The molecule has 9 nitrogen and oxygen atoms in total. The minimum Gasteiger partial charge on any atom is -0.494 e. The molecule has 4 aromatic carbocycles. The lowest BCUT2D eigenvalue weighted by atomic mass is 10.1. The van der Waals surface area contributed by atoms with E-state index in [2.05, 4.69) is 24.0 Å². The maximum absolute atomic E-state index is 13.0. The van der Waals surface area contributed by atoms with Gasteiger partial charge in [-0.25, -0.2) is 9.59 Å². The Balaban J connectivity index is 1.04. The fourth-order valence-electron chi connectivity index (χ4n) is 6.79. The first-order chi connectivity index (χ1) is 31.7. The van der Waals surface area contributed by atoms with Crippen LogP contribution in [0, 0.1) is 0 Å². The molecule has 0 unspecified atom stereocenters. The molecule has 0 atom stereocenters. The number of carbonyl (C=O) groups excluding carboxylic acids is 2.